The van der Waals surface area contributed by atoms with E-state index in [0.29, 0.717) is 28.6 Å². The summed E-state index contributed by atoms with van der Waals surface area (Å²) >= 11 is 0. The van der Waals surface area contributed by atoms with Gasteiger partial charge in [-0.2, -0.15) is 8.42 Å². The zero-order chi connectivity index (χ0) is 25.6. The van der Waals surface area contributed by atoms with Crippen molar-refractivity contribution in [2.24, 2.45) is 0 Å². The molecule has 3 aromatic carbocycles. The second-order valence-electron chi connectivity index (χ2n) is 9.25. The molecule has 186 valence electrons. The number of hydrogen-bond acceptors (Lipinski definition) is 7. The number of para-hydroxylation sites is 2. The molecule has 0 saturated heterocycles. The van der Waals surface area contributed by atoms with Crippen molar-refractivity contribution in [2.45, 2.75) is 45.4 Å². The van der Waals surface area contributed by atoms with E-state index in [1.807, 2.05) is 83.1 Å². The number of hydrogen-bond donors (Lipinski definition) is 1. The molecule has 0 fully saturated rings. The van der Waals surface area contributed by atoms with Crippen LogP contribution in [0.5, 0.6) is 23.0 Å². The summed E-state index contributed by atoms with van der Waals surface area (Å²) in [5.74, 6) is 2.01. The summed E-state index contributed by atoms with van der Waals surface area (Å²) in [7, 11) is -4.25. The second kappa shape index (κ2) is 10.9. The normalized spacial score (nSPS) is 12.6. The molecule has 3 rings (SSSR count). The number of carbonyl (C=O) groups excluding carboxylic acids is 1. The molecule has 1 unspecified atom stereocenters. The fraction of sp³-hybridized carbons (Fsp3) is 0.296. The Labute approximate surface area is 207 Å². The van der Waals surface area contributed by atoms with Crippen molar-refractivity contribution in [1.29, 1.82) is 0 Å². The molecule has 1 atom stereocenters. The Kier molecular flexibility index (Phi) is 8.19. The maximum atomic E-state index is 12.8. The summed E-state index contributed by atoms with van der Waals surface area (Å²) < 4.78 is 42.5. The minimum absolute atomic E-state index is 0.0292. The van der Waals surface area contributed by atoms with Crippen LogP contribution in [-0.2, 0) is 19.1 Å². The summed E-state index contributed by atoms with van der Waals surface area (Å²) in [6.45, 7) is 9.57. The molecule has 0 amide bonds. The van der Waals surface area contributed by atoms with Gasteiger partial charge in [0.15, 0.2) is 11.5 Å². The molecule has 0 aromatic heterocycles. The third kappa shape index (κ3) is 7.07. The Bertz CT molecular complexity index is 1280. The van der Waals surface area contributed by atoms with Crippen LogP contribution in [0.3, 0.4) is 0 Å². The van der Waals surface area contributed by atoms with Gasteiger partial charge in [-0.3, -0.25) is 4.79 Å². The zero-order valence-corrected chi connectivity index (χ0v) is 21.4. The minimum atomic E-state index is -4.25. The van der Waals surface area contributed by atoms with Gasteiger partial charge in [-0.05, 0) is 75.6 Å². The predicted molar refractivity (Wildman–Crippen MR) is 136 cm³/mol. The van der Waals surface area contributed by atoms with Crippen molar-refractivity contribution in [3.63, 3.8) is 0 Å². The fourth-order valence-electron chi connectivity index (χ4n) is 3.38. The van der Waals surface area contributed by atoms with Gasteiger partial charge in [0.05, 0.1) is 0 Å². The Hall–Kier alpha value is -3.36. The first-order chi connectivity index (χ1) is 16.5. The highest BCUT2D eigenvalue weighted by Crippen LogP contribution is 2.39. The maximum absolute atomic E-state index is 12.8. The van der Waals surface area contributed by atoms with Crippen LogP contribution < -0.4 is 14.8 Å². The SMILES string of the molecule is Cc1ccccc1Oc1ccc(C(CNC(C)(C)C)S(=O)(=O)OC=O)cc1Oc1ccccc1C. The lowest BCUT2D eigenvalue weighted by Gasteiger charge is -2.25. The molecule has 0 aliphatic heterocycles. The first-order valence-corrected chi connectivity index (χ1v) is 12.7. The third-order valence-electron chi connectivity index (χ3n) is 5.31. The average molecular weight is 498 g/mol. The summed E-state index contributed by atoms with van der Waals surface area (Å²) in [6.07, 6.45) is 0. The number of rotatable bonds is 10. The second-order valence-corrected chi connectivity index (χ2v) is 11.0. The summed E-state index contributed by atoms with van der Waals surface area (Å²) in [5, 5.41) is 2.02. The molecule has 0 heterocycles. The van der Waals surface area contributed by atoms with Gasteiger partial charge < -0.3 is 19.0 Å². The smallest absolute Gasteiger partial charge is 0.319 e. The van der Waals surface area contributed by atoms with Crippen LogP contribution >= 0.6 is 0 Å². The van der Waals surface area contributed by atoms with E-state index in [1.165, 1.54) is 0 Å². The molecule has 7 nitrogen and oxygen atoms in total. The molecular formula is C27H31NO6S. The monoisotopic (exact) mass is 497 g/mol. The van der Waals surface area contributed by atoms with Gasteiger partial charge >= 0.3 is 16.6 Å². The van der Waals surface area contributed by atoms with Crippen LogP contribution in [-0.4, -0.2) is 27.0 Å². The molecule has 8 heteroatoms. The summed E-state index contributed by atoms with van der Waals surface area (Å²) in [4.78, 5) is 10.9. The third-order valence-corrected chi connectivity index (χ3v) is 6.79. The van der Waals surface area contributed by atoms with Crippen molar-refractivity contribution in [3.05, 3.63) is 83.4 Å². The number of benzene rings is 3. The zero-order valence-electron chi connectivity index (χ0n) is 20.6. The Morgan fingerprint density at radius 3 is 1.89 bits per heavy atom. The van der Waals surface area contributed by atoms with Gasteiger partial charge in [0, 0.05) is 12.1 Å². The van der Waals surface area contributed by atoms with Gasteiger partial charge in [-0.25, -0.2) is 0 Å². The Morgan fingerprint density at radius 2 is 1.37 bits per heavy atom. The highest BCUT2D eigenvalue weighted by Gasteiger charge is 2.31. The number of carbonyl (C=O) groups is 1. The van der Waals surface area contributed by atoms with Gasteiger partial charge in [0.2, 0.25) is 0 Å². The van der Waals surface area contributed by atoms with Crippen LogP contribution in [0.2, 0.25) is 0 Å². The largest absolute Gasteiger partial charge is 0.453 e. The first kappa shape index (κ1) is 26.2. The van der Waals surface area contributed by atoms with Crippen LogP contribution in [0.25, 0.3) is 0 Å². The molecule has 35 heavy (non-hydrogen) atoms. The van der Waals surface area contributed by atoms with Gasteiger partial charge in [-0.15, -0.1) is 0 Å². The quantitative estimate of drug-likeness (QED) is 0.279. The van der Waals surface area contributed by atoms with Gasteiger partial charge in [0.25, 0.3) is 0 Å². The highest BCUT2D eigenvalue weighted by molar-refractivity contribution is 7.87. The van der Waals surface area contributed by atoms with E-state index in [0.717, 1.165) is 11.1 Å². The van der Waals surface area contributed by atoms with E-state index in [2.05, 4.69) is 9.50 Å². The summed E-state index contributed by atoms with van der Waals surface area (Å²) in [6, 6.07) is 20.0. The number of aryl methyl sites for hydroxylation is 2. The van der Waals surface area contributed by atoms with Crippen LogP contribution in [0.1, 0.15) is 42.7 Å². The van der Waals surface area contributed by atoms with Gasteiger partial charge in [0.1, 0.15) is 16.7 Å². The lowest BCUT2D eigenvalue weighted by atomic mass is 10.1. The van der Waals surface area contributed by atoms with E-state index >= 15 is 0 Å². The van der Waals surface area contributed by atoms with E-state index in [-0.39, 0.29) is 18.6 Å². The molecule has 0 saturated carbocycles. The van der Waals surface area contributed by atoms with E-state index in [4.69, 9.17) is 9.47 Å². The van der Waals surface area contributed by atoms with Crippen molar-refractivity contribution in [1.82, 2.24) is 5.32 Å². The van der Waals surface area contributed by atoms with E-state index < -0.39 is 15.4 Å². The van der Waals surface area contributed by atoms with E-state index in [9.17, 15) is 13.2 Å². The lowest BCUT2D eigenvalue weighted by Crippen LogP contribution is -2.40. The molecule has 0 bridgehead atoms. The molecule has 1 N–H and O–H groups in total. The molecule has 0 aliphatic carbocycles. The number of nitrogens with one attached hydrogen (secondary N) is 1. The van der Waals surface area contributed by atoms with Crippen molar-refractivity contribution >= 4 is 16.6 Å². The topological polar surface area (TPSA) is 90.9 Å². The highest BCUT2D eigenvalue weighted by atomic mass is 32.2. The van der Waals surface area contributed by atoms with Crippen LogP contribution in [0, 0.1) is 13.8 Å². The van der Waals surface area contributed by atoms with Crippen LogP contribution in [0.15, 0.2) is 66.7 Å². The molecular weight excluding hydrogens is 466 g/mol. The van der Waals surface area contributed by atoms with Crippen LogP contribution in [0.4, 0.5) is 0 Å². The molecule has 0 aliphatic rings. The minimum Gasteiger partial charge on any atom is -0.453 e. The van der Waals surface area contributed by atoms with Crippen molar-refractivity contribution in [3.8, 4) is 23.0 Å². The Morgan fingerprint density at radius 1 is 0.829 bits per heavy atom. The number of ether oxygens (including phenoxy) is 2. The first-order valence-electron chi connectivity index (χ1n) is 11.2. The average Bonchev–Trinajstić information content (AvgIpc) is 2.77. The maximum Gasteiger partial charge on any atom is 0.319 e. The molecule has 3 aromatic rings. The summed E-state index contributed by atoms with van der Waals surface area (Å²) in [5.41, 5.74) is 1.88. The van der Waals surface area contributed by atoms with Gasteiger partial charge in [-0.1, -0.05) is 42.5 Å². The fourth-order valence-corrected chi connectivity index (χ4v) is 4.39. The molecule has 0 spiro atoms. The predicted octanol–water partition coefficient (Wildman–Crippen LogP) is 5.82. The molecule has 0 radical (unpaired) electrons. The van der Waals surface area contributed by atoms with Crippen molar-refractivity contribution in [2.75, 3.05) is 6.54 Å². The standard InChI is InChI=1S/C27H31NO6S/c1-19-10-6-8-12-22(19)33-24-15-14-21(16-25(24)34-23-13-9-7-11-20(23)2)26(17-28-27(3,4)5)35(30,31)32-18-29/h6-16,18,26,28H,17H2,1-5H3. The van der Waals surface area contributed by atoms with Crippen molar-refractivity contribution < 1.29 is 26.9 Å². The lowest BCUT2D eigenvalue weighted by molar-refractivity contribution is -0.120. The van der Waals surface area contributed by atoms with E-state index in [1.54, 1.807) is 18.2 Å². The Balaban J connectivity index is 2.09.